The van der Waals surface area contributed by atoms with Gasteiger partial charge in [-0.15, -0.1) is 0 Å². The zero-order valence-corrected chi connectivity index (χ0v) is 11.2. The van der Waals surface area contributed by atoms with Gasteiger partial charge in [-0.3, -0.25) is 4.90 Å². The molecule has 100 valence electrons. The zero-order valence-electron chi connectivity index (χ0n) is 11.2. The van der Waals surface area contributed by atoms with Crippen molar-refractivity contribution in [3.05, 3.63) is 24.0 Å². The van der Waals surface area contributed by atoms with Gasteiger partial charge in [0.15, 0.2) is 5.65 Å². The lowest BCUT2D eigenvalue weighted by Crippen LogP contribution is -2.28. The molecule has 1 aliphatic carbocycles. The Bertz CT molecular complexity index is 601. The third-order valence-corrected chi connectivity index (χ3v) is 4.16. The topological polar surface area (TPSA) is 45.5 Å². The quantitative estimate of drug-likeness (QED) is 0.909. The molecule has 0 radical (unpaired) electrons. The van der Waals surface area contributed by atoms with Crippen molar-refractivity contribution in [3.63, 3.8) is 0 Å². The second-order valence-corrected chi connectivity index (χ2v) is 5.80. The van der Waals surface area contributed by atoms with Crippen LogP contribution in [0.25, 0.3) is 5.65 Å². The molecule has 0 aromatic carbocycles. The third kappa shape index (κ3) is 2.08. The van der Waals surface area contributed by atoms with Gasteiger partial charge >= 0.3 is 0 Å². The van der Waals surface area contributed by atoms with Crippen LogP contribution in [0, 0.1) is 6.92 Å². The summed E-state index contributed by atoms with van der Waals surface area (Å²) >= 11 is 0. The number of likely N-dealkylation sites (tertiary alicyclic amines) is 1. The summed E-state index contributed by atoms with van der Waals surface area (Å²) in [6.07, 6.45) is 5.63. The monoisotopic (exact) mass is 257 g/mol. The van der Waals surface area contributed by atoms with E-state index in [4.69, 9.17) is 0 Å². The van der Waals surface area contributed by atoms with E-state index < -0.39 is 0 Å². The molecule has 4 rings (SSSR count). The van der Waals surface area contributed by atoms with E-state index in [2.05, 4.69) is 39.4 Å². The maximum atomic E-state index is 4.30. The Kier molecular flexibility index (Phi) is 2.48. The number of hydrogen-bond acceptors (Lipinski definition) is 4. The average Bonchev–Trinajstić information content (AvgIpc) is 2.95. The predicted octanol–water partition coefficient (Wildman–Crippen LogP) is 1.69. The van der Waals surface area contributed by atoms with Gasteiger partial charge in [0.25, 0.3) is 0 Å². The van der Waals surface area contributed by atoms with Crippen molar-refractivity contribution in [2.75, 3.05) is 18.4 Å². The first-order valence-corrected chi connectivity index (χ1v) is 7.10. The van der Waals surface area contributed by atoms with E-state index in [0.717, 1.165) is 24.1 Å². The van der Waals surface area contributed by atoms with Crippen molar-refractivity contribution in [1.29, 1.82) is 0 Å². The lowest BCUT2D eigenvalue weighted by molar-refractivity contribution is 0.326. The van der Waals surface area contributed by atoms with Crippen LogP contribution in [0.5, 0.6) is 0 Å². The highest BCUT2D eigenvalue weighted by molar-refractivity contribution is 5.51. The van der Waals surface area contributed by atoms with Crippen LogP contribution >= 0.6 is 0 Å². The fraction of sp³-hybridized carbons (Fsp3) is 0.571. The summed E-state index contributed by atoms with van der Waals surface area (Å²) in [6, 6.07) is 5.62. The predicted molar refractivity (Wildman–Crippen MR) is 74.3 cm³/mol. The van der Waals surface area contributed by atoms with E-state index in [1.165, 1.54) is 31.4 Å². The minimum absolute atomic E-state index is 0.537. The Morgan fingerprint density at radius 3 is 3.00 bits per heavy atom. The summed E-state index contributed by atoms with van der Waals surface area (Å²) in [6.45, 7) is 4.49. The van der Waals surface area contributed by atoms with Gasteiger partial charge in [0.2, 0.25) is 0 Å². The highest BCUT2D eigenvalue weighted by Crippen LogP contribution is 2.30. The minimum atomic E-state index is 0.537. The van der Waals surface area contributed by atoms with Gasteiger partial charge in [0.1, 0.15) is 12.1 Å². The molecular weight excluding hydrogens is 238 g/mol. The van der Waals surface area contributed by atoms with Crippen LogP contribution < -0.4 is 5.32 Å². The summed E-state index contributed by atoms with van der Waals surface area (Å²) < 4.78 is 1.90. The molecule has 0 bridgehead atoms. The fourth-order valence-electron chi connectivity index (χ4n) is 3.04. The van der Waals surface area contributed by atoms with Crippen LogP contribution in [0.2, 0.25) is 0 Å². The lowest BCUT2D eigenvalue weighted by atomic mass is 10.2. The highest BCUT2D eigenvalue weighted by Gasteiger charge is 2.34. The Morgan fingerprint density at radius 1 is 1.26 bits per heavy atom. The first-order valence-electron chi connectivity index (χ1n) is 7.10. The number of aromatic nitrogens is 3. The minimum Gasteiger partial charge on any atom is -0.366 e. The Balaban J connectivity index is 1.56. The van der Waals surface area contributed by atoms with Crippen LogP contribution in [0.4, 0.5) is 5.82 Å². The summed E-state index contributed by atoms with van der Waals surface area (Å²) in [5.41, 5.74) is 2.14. The number of nitrogens with one attached hydrogen (secondary N) is 1. The maximum Gasteiger partial charge on any atom is 0.157 e. The number of hydrogen-bond donors (Lipinski definition) is 1. The smallest absolute Gasteiger partial charge is 0.157 e. The largest absolute Gasteiger partial charge is 0.366 e. The molecule has 2 fully saturated rings. The normalized spacial score (nSPS) is 24.2. The van der Waals surface area contributed by atoms with E-state index in [1.807, 2.05) is 4.52 Å². The second kappa shape index (κ2) is 4.20. The molecule has 3 heterocycles. The Labute approximate surface area is 112 Å². The average molecular weight is 257 g/mol. The first kappa shape index (κ1) is 11.2. The maximum absolute atomic E-state index is 4.30. The molecule has 19 heavy (non-hydrogen) atoms. The molecule has 1 aliphatic heterocycles. The number of rotatable bonds is 3. The SMILES string of the molecule is Cc1cc(NC2CCN(C3CC3)C2)n2ncnc2c1. The van der Waals surface area contributed by atoms with Gasteiger partial charge in [-0.1, -0.05) is 0 Å². The molecule has 5 nitrogen and oxygen atoms in total. The summed E-state index contributed by atoms with van der Waals surface area (Å²) in [7, 11) is 0. The van der Waals surface area contributed by atoms with Crippen LogP contribution in [0.15, 0.2) is 18.5 Å². The van der Waals surface area contributed by atoms with Crippen LogP contribution in [0.1, 0.15) is 24.8 Å². The first-order chi connectivity index (χ1) is 9.29. The summed E-state index contributed by atoms with van der Waals surface area (Å²) in [5, 5.41) is 7.94. The molecule has 1 saturated heterocycles. The van der Waals surface area contributed by atoms with E-state index in [0.29, 0.717) is 6.04 Å². The standard InChI is InChI=1S/C14H19N5/c1-10-6-13-15-9-16-19(13)14(7-10)17-11-4-5-18(8-11)12-2-3-12/h6-7,9,11-12,17H,2-5,8H2,1H3. The van der Waals surface area contributed by atoms with Crippen molar-refractivity contribution in [1.82, 2.24) is 19.5 Å². The lowest BCUT2D eigenvalue weighted by Gasteiger charge is -2.17. The summed E-state index contributed by atoms with van der Waals surface area (Å²) in [4.78, 5) is 6.89. The van der Waals surface area contributed by atoms with Gasteiger partial charge < -0.3 is 5.32 Å². The molecule has 1 N–H and O–H groups in total. The molecule has 0 amide bonds. The van der Waals surface area contributed by atoms with Crippen LogP contribution in [-0.2, 0) is 0 Å². The molecule has 2 aromatic rings. The van der Waals surface area contributed by atoms with Crippen molar-refractivity contribution in [3.8, 4) is 0 Å². The molecule has 1 saturated carbocycles. The van der Waals surface area contributed by atoms with Crippen molar-refractivity contribution < 1.29 is 0 Å². The molecule has 5 heteroatoms. The Morgan fingerprint density at radius 2 is 2.16 bits per heavy atom. The third-order valence-electron chi connectivity index (χ3n) is 4.16. The number of nitrogens with zero attached hydrogens (tertiary/aromatic N) is 4. The number of aryl methyl sites for hydroxylation is 1. The molecule has 1 unspecified atom stereocenters. The Hall–Kier alpha value is -1.62. The van der Waals surface area contributed by atoms with Crippen LogP contribution in [-0.4, -0.2) is 44.7 Å². The van der Waals surface area contributed by atoms with Gasteiger partial charge in [0.05, 0.1) is 0 Å². The molecule has 0 spiro atoms. The molecule has 2 aromatic heterocycles. The zero-order chi connectivity index (χ0) is 12.8. The molecule has 1 atom stereocenters. The molecular formula is C14H19N5. The van der Waals surface area contributed by atoms with E-state index in [1.54, 1.807) is 6.33 Å². The van der Waals surface area contributed by atoms with Crippen molar-refractivity contribution in [2.45, 2.75) is 38.3 Å². The van der Waals surface area contributed by atoms with Crippen molar-refractivity contribution in [2.24, 2.45) is 0 Å². The highest BCUT2D eigenvalue weighted by atomic mass is 15.3. The van der Waals surface area contributed by atoms with Crippen molar-refractivity contribution >= 4 is 11.5 Å². The number of fused-ring (bicyclic) bond motifs is 1. The number of anilines is 1. The van der Waals surface area contributed by atoms with E-state index >= 15 is 0 Å². The van der Waals surface area contributed by atoms with E-state index in [-0.39, 0.29) is 0 Å². The van der Waals surface area contributed by atoms with Crippen LogP contribution in [0.3, 0.4) is 0 Å². The molecule has 2 aliphatic rings. The van der Waals surface area contributed by atoms with E-state index in [9.17, 15) is 0 Å². The summed E-state index contributed by atoms with van der Waals surface area (Å²) in [5.74, 6) is 1.06. The van der Waals surface area contributed by atoms with Gasteiger partial charge in [0, 0.05) is 25.2 Å². The second-order valence-electron chi connectivity index (χ2n) is 5.80. The van der Waals surface area contributed by atoms with Gasteiger partial charge in [-0.05, 0) is 43.9 Å². The van der Waals surface area contributed by atoms with Gasteiger partial charge in [-0.2, -0.15) is 9.61 Å². The fourth-order valence-corrected chi connectivity index (χ4v) is 3.04. The van der Waals surface area contributed by atoms with Gasteiger partial charge in [-0.25, -0.2) is 4.98 Å². The number of pyridine rings is 1.